The van der Waals surface area contributed by atoms with Crippen LogP contribution < -0.4 is 5.73 Å². The number of nitrogen functional groups attached to an aromatic ring is 1. The first-order chi connectivity index (χ1) is 8.76. The number of benzene rings is 1. The van der Waals surface area contributed by atoms with Crippen LogP contribution in [0.5, 0.6) is 0 Å². The van der Waals surface area contributed by atoms with E-state index in [1.54, 1.807) is 26.0 Å². The van der Waals surface area contributed by atoms with Crippen molar-refractivity contribution in [3.8, 4) is 0 Å². The van der Waals surface area contributed by atoms with E-state index in [9.17, 15) is 18.0 Å². The molecule has 1 amide bonds. The van der Waals surface area contributed by atoms with E-state index in [-0.39, 0.29) is 17.8 Å². The molecule has 0 aliphatic carbocycles. The van der Waals surface area contributed by atoms with Crippen LogP contribution in [0, 0.1) is 6.92 Å². The summed E-state index contributed by atoms with van der Waals surface area (Å²) < 4.78 is 37.4. The van der Waals surface area contributed by atoms with Crippen LogP contribution in [0.25, 0.3) is 0 Å². The maximum Gasteiger partial charge on any atom is 0.406 e. The number of halogens is 3. The van der Waals surface area contributed by atoms with Gasteiger partial charge in [0.05, 0.1) is 5.56 Å². The number of carbonyl (C=O) groups excluding carboxylic acids is 1. The molecule has 2 N–H and O–H groups in total. The number of nitrogens with two attached hydrogens (primary N) is 1. The predicted molar refractivity (Wildman–Crippen MR) is 67.8 cm³/mol. The Hall–Kier alpha value is -1.72. The lowest BCUT2D eigenvalue weighted by molar-refractivity contribution is -0.140. The van der Waals surface area contributed by atoms with Gasteiger partial charge in [-0.25, -0.2) is 0 Å². The van der Waals surface area contributed by atoms with Crippen LogP contribution in [-0.4, -0.2) is 30.1 Å². The second-order valence-corrected chi connectivity index (χ2v) is 4.38. The first-order valence-electron chi connectivity index (χ1n) is 5.97. The van der Waals surface area contributed by atoms with Gasteiger partial charge in [0.2, 0.25) is 0 Å². The number of amides is 1. The van der Waals surface area contributed by atoms with E-state index < -0.39 is 18.6 Å². The molecule has 0 aromatic heterocycles. The summed E-state index contributed by atoms with van der Waals surface area (Å²) in [6.45, 7) is 2.17. The molecular formula is C13H17F3N2O. The zero-order chi connectivity index (χ0) is 14.6. The van der Waals surface area contributed by atoms with E-state index in [4.69, 9.17) is 5.73 Å². The van der Waals surface area contributed by atoms with Crippen molar-refractivity contribution in [2.24, 2.45) is 0 Å². The van der Waals surface area contributed by atoms with Gasteiger partial charge < -0.3 is 10.6 Å². The Morgan fingerprint density at radius 2 is 2.00 bits per heavy atom. The number of hydrogen-bond acceptors (Lipinski definition) is 2. The molecule has 0 atom stereocenters. The minimum Gasteiger partial charge on any atom is -0.398 e. The fourth-order valence-electron chi connectivity index (χ4n) is 1.88. The molecule has 1 rings (SSSR count). The molecule has 106 valence electrons. The molecule has 0 saturated carbocycles. The summed E-state index contributed by atoms with van der Waals surface area (Å²) in [7, 11) is 0. The Morgan fingerprint density at radius 1 is 1.37 bits per heavy atom. The van der Waals surface area contributed by atoms with Crippen LogP contribution in [0.15, 0.2) is 18.2 Å². The summed E-state index contributed by atoms with van der Waals surface area (Å²) >= 11 is 0. The maximum atomic E-state index is 12.5. The van der Waals surface area contributed by atoms with Gasteiger partial charge >= 0.3 is 6.18 Å². The number of nitrogens with zero attached hydrogens (tertiary/aromatic N) is 1. The molecule has 0 bridgehead atoms. The molecule has 0 radical (unpaired) electrons. The third-order valence-corrected chi connectivity index (χ3v) is 2.67. The van der Waals surface area contributed by atoms with Gasteiger partial charge in [-0.1, -0.05) is 19.1 Å². The molecule has 0 fully saturated rings. The Kier molecular flexibility index (Phi) is 4.80. The van der Waals surface area contributed by atoms with Crippen LogP contribution in [0.3, 0.4) is 0 Å². The lowest BCUT2D eigenvalue weighted by Gasteiger charge is -2.24. The molecule has 1 aromatic carbocycles. The zero-order valence-electron chi connectivity index (χ0n) is 10.9. The SMILES string of the molecule is CCCN(CC(F)(F)F)C(=O)c1c(C)cccc1N. The Morgan fingerprint density at radius 3 is 2.47 bits per heavy atom. The van der Waals surface area contributed by atoms with Crippen LogP contribution >= 0.6 is 0 Å². The number of hydrogen-bond donors (Lipinski definition) is 1. The van der Waals surface area contributed by atoms with Crippen molar-refractivity contribution >= 4 is 11.6 Å². The molecule has 0 saturated heterocycles. The number of carbonyl (C=O) groups is 1. The molecule has 6 heteroatoms. The summed E-state index contributed by atoms with van der Waals surface area (Å²) in [5.74, 6) is -0.672. The summed E-state index contributed by atoms with van der Waals surface area (Å²) in [6, 6.07) is 4.83. The zero-order valence-corrected chi connectivity index (χ0v) is 10.9. The van der Waals surface area contributed by atoms with Gasteiger partial charge in [-0.05, 0) is 25.0 Å². The normalized spacial score (nSPS) is 11.4. The van der Waals surface area contributed by atoms with Gasteiger partial charge in [0.1, 0.15) is 6.54 Å². The second kappa shape index (κ2) is 5.95. The van der Waals surface area contributed by atoms with Gasteiger partial charge in [-0.2, -0.15) is 13.2 Å². The Balaban J connectivity index is 3.06. The fourth-order valence-corrected chi connectivity index (χ4v) is 1.88. The highest BCUT2D eigenvalue weighted by atomic mass is 19.4. The van der Waals surface area contributed by atoms with Crippen LogP contribution in [-0.2, 0) is 0 Å². The summed E-state index contributed by atoms with van der Waals surface area (Å²) in [4.78, 5) is 13.0. The second-order valence-electron chi connectivity index (χ2n) is 4.38. The molecule has 0 spiro atoms. The molecule has 0 heterocycles. The lowest BCUT2D eigenvalue weighted by Crippen LogP contribution is -2.40. The minimum absolute atomic E-state index is 0.0477. The molecule has 0 unspecified atom stereocenters. The van der Waals surface area contributed by atoms with E-state index in [2.05, 4.69) is 0 Å². The fraction of sp³-hybridized carbons (Fsp3) is 0.462. The van der Waals surface area contributed by atoms with Gasteiger partial charge in [0.25, 0.3) is 5.91 Å². The van der Waals surface area contributed by atoms with Gasteiger partial charge in [0, 0.05) is 12.2 Å². The summed E-state index contributed by atoms with van der Waals surface area (Å²) in [5.41, 5.74) is 6.62. The Labute approximate surface area is 110 Å². The third-order valence-electron chi connectivity index (χ3n) is 2.67. The topological polar surface area (TPSA) is 46.3 Å². The van der Waals surface area contributed by atoms with Crippen molar-refractivity contribution in [1.29, 1.82) is 0 Å². The van der Waals surface area contributed by atoms with Gasteiger partial charge in [-0.3, -0.25) is 4.79 Å². The molecule has 1 aromatic rings. The van der Waals surface area contributed by atoms with Crippen LogP contribution in [0.1, 0.15) is 29.3 Å². The monoisotopic (exact) mass is 274 g/mol. The van der Waals surface area contributed by atoms with Crippen molar-refractivity contribution in [2.45, 2.75) is 26.4 Å². The van der Waals surface area contributed by atoms with E-state index in [1.807, 2.05) is 0 Å². The van der Waals surface area contributed by atoms with E-state index in [1.165, 1.54) is 6.07 Å². The first kappa shape index (κ1) is 15.3. The van der Waals surface area contributed by atoms with Crippen LogP contribution in [0.4, 0.5) is 18.9 Å². The van der Waals surface area contributed by atoms with Crippen molar-refractivity contribution in [3.05, 3.63) is 29.3 Å². The largest absolute Gasteiger partial charge is 0.406 e. The summed E-state index contributed by atoms with van der Waals surface area (Å²) in [5, 5.41) is 0. The highest BCUT2D eigenvalue weighted by molar-refractivity contribution is 6.00. The van der Waals surface area contributed by atoms with Crippen molar-refractivity contribution in [1.82, 2.24) is 4.90 Å². The quantitative estimate of drug-likeness (QED) is 0.858. The molecule has 0 aliphatic rings. The highest BCUT2D eigenvalue weighted by Gasteiger charge is 2.33. The maximum absolute atomic E-state index is 12.5. The number of alkyl halides is 3. The van der Waals surface area contributed by atoms with E-state index in [0.717, 1.165) is 4.90 Å². The molecule has 3 nitrogen and oxygen atoms in total. The standard InChI is InChI=1S/C13H17F3N2O/c1-3-7-18(8-13(14,15)16)12(19)11-9(2)5-4-6-10(11)17/h4-6H,3,7-8,17H2,1-2H3. The van der Waals surface area contributed by atoms with Crippen molar-refractivity contribution in [3.63, 3.8) is 0 Å². The highest BCUT2D eigenvalue weighted by Crippen LogP contribution is 2.22. The van der Waals surface area contributed by atoms with E-state index in [0.29, 0.717) is 12.0 Å². The molecular weight excluding hydrogens is 257 g/mol. The van der Waals surface area contributed by atoms with Gasteiger partial charge in [-0.15, -0.1) is 0 Å². The predicted octanol–water partition coefficient (Wildman–Crippen LogP) is 2.99. The number of rotatable bonds is 4. The van der Waals surface area contributed by atoms with Crippen LogP contribution in [0.2, 0.25) is 0 Å². The van der Waals surface area contributed by atoms with Crippen molar-refractivity contribution < 1.29 is 18.0 Å². The molecule has 19 heavy (non-hydrogen) atoms. The Bertz CT molecular complexity index is 437. The average molecular weight is 274 g/mol. The molecule has 0 aliphatic heterocycles. The van der Waals surface area contributed by atoms with E-state index >= 15 is 0 Å². The van der Waals surface area contributed by atoms with Gasteiger partial charge in [0.15, 0.2) is 0 Å². The number of aryl methyl sites for hydroxylation is 1. The number of anilines is 1. The lowest BCUT2D eigenvalue weighted by atomic mass is 10.1. The smallest absolute Gasteiger partial charge is 0.398 e. The van der Waals surface area contributed by atoms with Crippen molar-refractivity contribution in [2.75, 3.05) is 18.8 Å². The minimum atomic E-state index is -4.41. The summed E-state index contributed by atoms with van der Waals surface area (Å²) in [6.07, 6.45) is -3.96. The third kappa shape index (κ3) is 4.15. The average Bonchev–Trinajstić information content (AvgIpc) is 2.26. The first-order valence-corrected chi connectivity index (χ1v) is 5.97.